The maximum absolute atomic E-state index is 12.5. The maximum atomic E-state index is 12.5. The second-order valence-electron chi connectivity index (χ2n) is 7.48. The summed E-state index contributed by atoms with van der Waals surface area (Å²) in [7, 11) is 0. The summed E-state index contributed by atoms with van der Waals surface area (Å²) in [5, 5.41) is 1.09. The van der Waals surface area contributed by atoms with Gasteiger partial charge in [-0.05, 0) is 55.0 Å². The van der Waals surface area contributed by atoms with Crippen LogP contribution in [0.2, 0.25) is 5.02 Å². The molecule has 0 bridgehead atoms. The quantitative estimate of drug-likeness (QED) is 0.411. The molecule has 0 spiro atoms. The highest BCUT2D eigenvalue weighted by Gasteiger charge is 2.24. The van der Waals surface area contributed by atoms with E-state index < -0.39 is 11.6 Å². The molecular formula is C23H21ClO4. The van der Waals surface area contributed by atoms with E-state index in [1.807, 2.05) is 18.2 Å². The molecule has 1 heterocycles. The summed E-state index contributed by atoms with van der Waals surface area (Å²) in [6.45, 7) is 2.18. The molecule has 1 aliphatic carbocycles. The summed E-state index contributed by atoms with van der Waals surface area (Å²) in [5.41, 5.74) is 1.41. The molecule has 0 amide bonds. The molecule has 4 nitrogen and oxygen atoms in total. The van der Waals surface area contributed by atoms with Crippen LogP contribution in [0.4, 0.5) is 0 Å². The zero-order valence-corrected chi connectivity index (χ0v) is 16.4. The SMILES string of the molecule is C[C@H]1CCC[C@H](OC(=O)c2ccc(-c3cc4ccccc4oc3=O)cc2Cl)C1. The van der Waals surface area contributed by atoms with Crippen molar-refractivity contribution in [3.05, 3.63) is 69.5 Å². The summed E-state index contributed by atoms with van der Waals surface area (Å²) < 4.78 is 11.0. The van der Waals surface area contributed by atoms with Crippen molar-refractivity contribution in [2.24, 2.45) is 5.92 Å². The zero-order chi connectivity index (χ0) is 19.7. The van der Waals surface area contributed by atoms with E-state index in [2.05, 4.69) is 6.92 Å². The highest BCUT2D eigenvalue weighted by atomic mass is 35.5. The molecule has 1 aromatic heterocycles. The van der Waals surface area contributed by atoms with E-state index >= 15 is 0 Å². The average molecular weight is 397 g/mol. The fourth-order valence-electron chi connectivity index (χ4n) is 3.81. The van der Waals surface area contributed by atoms with E-state index in [1.54, 1.807) is 30.3 Å². The van der Waals surface area contributed by atoms with Crippen molar-refractivity contribution >= 4 is 28.5 Å². The molecular weight excluding hydrogens is 376 g/mol. The number of carbonyl (C=O) groups excluding carboxylic acids is 1. The van der Waals surface area contributed by atoms with Crippen LogP contribution in [0.15, 0.2) is 57.7 Å². The molecule has 3 aromatic rings. The summed E-state index contributed by atoms with van der Waals surface area (Å²) in [6.07, 6.45) is 3.98. The number of para-hydroxylation sites is 1. The van der Waals surface area contributed by atoms with Gasteiger partial charge in [-0.25, -0.2) is 9.59 Å². The number of rotatable bonds is 3. The van der Waals surface area contributed by atoms with Crippen molar-refractivity contribution in [2.75, 3.05) is 0 Å². The molecule has 5 heteroatoms. The molecule has 0 aliphatic heterocycles. The van der Waals surface area contributed by atoms with E-state index in [-0.39, 0.29) is 11.1 Å². The molecule has 0 N–H and O–H groups in total. The molecule has 2 atom stereocenters. The Hall–Kier alpha value is -2.59. The Morgan fingerprint density at radius 3 is 2.75 bits per heavy atom. The smallest absolute Gasteiger partial charge is 0.344 e. The number of fused-ring (bicyclic) bond motifs is 1. The Balaban J connectivity index is 1.60. The highest BCUT2D eigenvalue weighted by molar-refractivity contribution is 6.33. The molecule has 2 aromatic carbocycles. The van der Waals surface area contributed by atoms with Gasteiger partial charge in [-0.3, -0.25) is 0 Å². The molecule has 1 saturated carbocycles. The minimum atomic E-state index is -0.443. The minimum Gasteiger partial charge on any atom is -0.459 e. The lowest BCUT2D eigenvalue weighted by Gasteiger charge is -2.26. The van der Waals surface area contributed by atoms with Crippen LogP contribution in [0.25, 0.3) is 22.1 Å². The van der Waals surface area contributed by atoms with E-state index in [4.69, 9.17) is 20.8 Å². The van der Waals surface area contributed by atoms with E-state index in [0.29, 0.717) is 28.2 Å². The average Bonchev–Trinajstić information content (AvgIpc) is 2.67. The molecule has 0 radical (unpaired) electrons. The summed E-state index contributed by atoms with van der Waals surface area (Å²) in [6, 6.07) is 14.0. The first-order valence-electron chi connectivity index (χ1n) is 9.55. The topological polar surface area (TPSA) is 56.5 Å². The van der Waals surface area contributed by atoms with Crippen LogP contribution in [-0.4, -0.2) is 12.1 Å². The lowest BCUT2D eigenvalue weighted by atomic mass is 9.89. The Morgan fingerprint density at radius 1 is 1.14 bits per heavy atom. The normalized spacial score (nSPS) is 19.5. The van der Waals surface area contributed by atoms with E-state index in [9.17, 15) is 9.59 Å². The number of esters is 1. The lowest BCUT2D eigenvalue weighted by molar-refractivity contribution is 0.0155. The Kier molecular flexibility index (Phi) is 5.23. The fourth-order valence-corrected chi connectivity index (χ4v) is 4.07. The zero-order valence-electron chi connectivity index (χ0n) is 15.6. The largest absolute Gasteiger partial charge is 0.459 e. The Morgan fingerprint density at radius 2 is 1.96 bits per heavy atom. The Bertz CT molecular complexity index is 1090. The third kappa shape index (κ3) is 3.83. The van der Waals surface area contributed by atoms with Gasteiger partial charge in [0, 0.05) is 5.39 Å². The van der Waals surface area contributed by atoms with Gasteiger partial charge < -0.3 is 9.15 Å². The third-order valence-electron chi connectivity index (χ3n) is 5.30. The van der Waals surface area contributed by atoms with Gasteiger partial charge in [0.05, 0.1) is 16.1 Å². The molecule has 4 rings (SSSR count). The van der Waals surface area contributed by atoms with Crippen LogP contribution in [0, 0.1) is 5.92 Å². The van der Waals surface area contributed by atoms with Crippen molar-refractivity contribution in [1.29, 1.82) is 0 Å². The maximum Gasteiger partial charge on any atom is 0.344 e. The predicted molar refractivity (Wildman–Crippen MR) is 110 cm³/mol. The number of hydrogen-bond acceptors (Lipinski definition) is 4. The number of halogens is 1. The van der Waals surface area contributed by atoms with Crippen LogP contribution in [0.5, 0.6) is 0 Å². The molecule has 1 aliphatic rings. The first-order valence-corrected chi connectivity index (χ1v) is 9.93. The van der Waals surface area contributed by atoms with Crippen molar-refractivity contribution in [2.45, 2.75) is 38.7 Å². The lowest BCUT2D eigenvalue weighted by Crippen LogP contribution is -2.24. The van der Waals surface area contributed by atoms with Gasteiger partial charge in [0.15, 0.2) is 0 Å². The first kappa shape index (κ1) is 18.8. The van der Waals surface area contributed by atoms with E-state index in [0.717, 1.165) is 24.6 Å². The summed E-state index contributed by atoms with van der Waals surface area (Å²) in [4.78, 5) is 24.9. The van der Waals surface area contributed by atoms with Gasteiger partial charge >= 0.3 is 11.6 Å². The van der Waals surface area contributed by atoms with Crippen LogP contribution in [0.1, 0.15) is 43.0 Å². The van der Waals surface area contributed by atoms with Gasteiger partial charge in [-0.2, -0.15) is 0 Å². The summed E-state index contributed by atoms with van der Waals surface area (Å²) >= 11 is 6.36. The number of ether oxygens (including phenoxy) is 1. The van der Waals surface area contributed by atoms with Gasteiger partial charge in [-0.15, -0.1) is 0 Å². The van der Waals surface area contributed by atoms with Crippen molar-refractivity contribution in [1.82, 2.24) is 0 Å². The molecule has 0 saturated heterocycles. The highest BCUT2D eigenvalue weighted by Crippen LogP contribution is 2.29. The predicted octanol–water partition coefficient (Wildman–Crippen LogP) is 5.85. The van der Waals surface area contributed by atoms with Crippen molar-refractivity contribution < 1.29 is 13.9 Å². The number of hydrogen-bond donors (Lipinski definition) is 0. The van der Waals surface area contributed by atoms with E-state index in [1.165, 1.54) is 6.42 Å². The standard InChI is InChI=1S/C23H21ClO4/c1-14-5-4-7-17(11-14)27-22(25)18-10-9-15(13-20(18)24)19-12-16-6-2-3-8-21(16)28-23(19)26/h2-3,6,8-10,12-14,17H,4-5,7,11H2,1H3/t14-,17-/m0/s1. The van der Waals surface area contributed by atoms with Gasteiger partial charge in [0.1, 0.15) is 11.7 Å². The van der Waals surface area contributed by atoms with Crippen molar-refractivity contribution in [3.63, 3.8) is 0 Å². The van der Waals surface area contributed by atoms with Crippen molar-refractivity contribution in [3.8, 4) is 11.1 Å². The first-order chi connectivity index (χ1) is 13.5. The number of carbonyl (C=O) groups is 1. The third-order valence-corrected chi connectivity index (χ3v) is 5.62. The molecule has 0 unspecified atom stereocenters. The second kappa shape index (κ2) is 7.80. The van der Waals surface area contributed by atoms with Gasteiger partial charge in [0.2, 0.25) is 0 Å². The van der Waals surface area contributed by atoms with Gasteiger partial charge in [0.25, 0.3) is 0 Å². The van der Waals surface area contributed by atoms with Crippen LogP contribution < -0.4 is 5.63 Å². The number of benzene rings is 2. The minimum absolute atomic E-state index is 0.0560. The van der Waals surface area contributed by atoms with Crippen LogP contribution >= 0.6 is 11.6 Å². The fraction of sp³-hybridized carbons (Fsp3) is 0.304. The Labute approximate surface area is 168 Å². The second-order valence-corrected chi connectivity index (χ2v) is 7.89. The van der Waals surface area contributed by atoms with Crippen LogP contribution in [-0.2, 0) is 4.74 Å². The van der Waals surface area contributed by atoms with Crippen LogP contribution in [0.3, 0.4) is 0 Å². The van der Waals surface area contributed by atoms with Gasteiger partial charge in [-0.1, -0.05) is 49.2 Å². The molecule has 144 valence electrons. The monoisotopic (exact) mass is 396 g/mol. The molecule has 28 heavy (non-hydrogen) atoms. The molecule has 1 fully saturated rings. The summed E-state index contributed by atoms with van der Waals surface area (Å²) in [5.74, 6) is 0.151.